The molecule has 0 aromatic rings. The number of carbonyl (C=O) groups excluding carboxylic acids is 1. The molecule has 3 aliphatic heterocycles. The Bertz CT molecular complexity index is 293. The summed E-state index contributed by atoms with van der Waals surface area (Å²) in [4.78, 5) is 10.5. The van der Waals surface area contributed by atoms with E-state index in [0.717, 1.165) is 12.8 Å². The number of fused-ring (bicyclic) bond motifs is 1. The van der Waals surface area contributed by atoms with E-state index in [4.69, 9.17) is 27.9 Å². The van der Waals surface area contributed by atoms with Crippen LogP contribution >= 0.6 is 23.2 Å². The van der Waals surface area contributed by atoms with E-state index in [0.29, 0.717) is 13.2 Å². The Morgan fingerprint density at radius 2 is 1.86 bits per heavy atom. The summed E-state index contributed by atoms with van der Waals surface area (Å²) >= 11 is 12.7. The van der Waals surface area contributed by atoms with Crippen molar-refractivity contribution in [3.05, 3.63) is 0 Å². The van der Waals surface area contributed by atoms with Crippen LogP contribution in [-0.4, -0.2) is 29.0 Å². The molecular formula is C9H11Cl2NO2. The van der Waals surface area contributed by atoms with Gasteiger partial charge in [0.2, 0.25) is 5.91 Å². The summed E-state index contributed by atoms with van der Waals surface area (Å²) in [5, 5.41) is 2.80. The third-order valence-electron chi connectivity index (χ3n) is 3.65. The number of alkyl halides is 2. The van der Waals surface area contributed by atoms with Crippen molar-refractivity contribution in [1.82, 2.24) is 5.32 Å². The van der Waals surface area contributed by atoms with Crippen LogP contribution in [0, 0.1) is 11.8 Å². The molecule has 0 spiro atoms. The topological polar surface area (TPSA) is 38.3 Å². The Kier molecular flexibility index (Phi) is 1.70. The average Bonchev–Trinajstić information content (AvgIpc) is 2.06. The van der Waals surface area contributed by atoms with Crippen LogP contribution < -0.4 is 5.32 Å². The van der Waals surface area contributed by atoms with Gasteiger partial charge < -0.3 is 10.1 Å². The van der Waals surface area contributed by atoms with Crippen molar-refractivity contribution in [3.63, 3.8) is 0 Å². The fourth-order valence-corrected chi connectivity index (χ4v) is 3.77. The summed E-state index contributed by atoms with van der Waals surface area (Å²) < 4.78 is 5.42. The van der Waals surface area contributed by atoms with Crippen molar-refractivity contribution in [2.75, 3.05) is 13.2 Å². The van der Waals surface area contributed by atoms with Gasteiger partial charge in [0.05, 0.1) is 13.2 Å². The van der Waals surface area contributed by atoms with Gasteiger partial charge in [-0.25, -0.2) is 0 Å². The normalized spacial score (nSPS) is 55.7. The predicted molar refractivity (Wildman–Crippen MR) is 52.3 cm³/mol. The highest BCUT2D eigenvalue weighted by Crippen LogP contribution is 2.55. The minimum Gasteiger partial charge on any atom is -0.381 e. The molecule has 5 heteroatoms. The van der Waals surface area contributed by atoms with Crippen LogP contribution in [0.1, 0.15) is 12.8 Å². The summed E-state index contributed by atoms with van der Waals surface area (Å²) in [5.74, 6) is 0.0378. The lowest BCUT2D eigenvalue weighted by Crippen LogP contribution is -2.73. The zero-order chi connectivity index (χ0) is 9.97. The van der Waals surface area contributed by atoms with Crippen LogP contribution in [-0.2, 0) is 9.53 Å². The molecule has 4 atom stereocenters. The molecule has 0 aromatic heterocycles. The van der Waals surface area contributed by atoms with E-state index in [-0.39, 0.29) is 17.7 Å². The second kappa shape index (κ2) is 2.57. The Morgan fingerprint density at radius 3 is 2.43 bits per heavy atom. The minimum absolute atomic E-state index is 0.0721. The summed E-state index contributed by atoms with van der Waals surface area (Å²) in [7, 11) is 0. The van der Waals surface area contributed by atoms with E-state index in [9.17, 15) is 4.79 Å². The molecule has 1 N–H and O–H groups in total. The number of piperidine rings is 2. The van der Waals surface area contributed by atoms with Crippen molar-refractivity contribution >= 4 is 29.1 Å². The summed E-state index contributed by atoms with van der Waals surface area (Å²) in [6.45, 7) is 1.11. The average molecular weight is 236 g/mol. The first-order valence-corrected chi connectivity index (χ1v) is 5.58. The highest BCUT2D eigenvalue weighted by Gasteiger charge is 2.65. The molecule has 1 amide bonds. The van der Waals surface area contributed by atoms with Crippen LogP contribution in [0.5, 0.6) is 0 Å². The van der Waals surface area contributed by atoms with Crippen molar-refractivity contribution in [1.29, 1.82) is 0 Å². The first-order chi connectivity index (χ1) is 6.55. The lowest BCUT2D eigenvalue weighted by Gasteiger charge is -2.57. The van der Waals surface area contributed by atoms with E-state index >= 15 is 0 Å². The Hall–Kier alpha value is 0.01000. The molecule has 1 aliphatic carbocycles. The smallest absolute Gasteiger partial charge is 0.243 e. The minimum atomic E-state index is -0.755. The van der Waals surface area contributed by atoms with Crippen LogP contribution in [0.2, 0.25) is 0 Å². The Balaban J connectivity index is 2.07. The maximum absolute atomic E-state index is 11.8. The van der Waals surface area contributed by atoms with Crippen LogP contribution in [0.3, 0.4) is 0 Å². The van der Waals surface area contributed by atoms with E-state index in [2.05, 4.69) is 5.32 Å². The molecule has 2 unspecified atom stereocenters. The molecule has 14 heavy (non-hydrogen) atoms. The SMILES string of the molecule is O=C1NC2(Cl)C[C@H]3COC[C@@H](C2)C13Cl. The van der Waals surface area contributed by atoms with Gasteiger partial charge in [-0.1, -0.05) is 11.6 Å². The second-order valence-corrected chi connectivity index (χ2v) is 5.88. The third kappa shape index (κ3) is 0.957. The molecule has 4 bridgehead atoms. The molecule has 3 heterocycles. The zero-order valence-corrected chi connectivity index (χ0v) is 9.07. The molecule has 4 rings (SSSR count). The number of ether oxygens (including phenoxy) is 1. The van der Waals surface area contributed by atoms with Gasteiger partial charge in [0.25, 0.3) is 0 Å². The Labute approximate surface area is 92.1 Å². The molecule has 4 fully saturated rings. The van der Waals surface area contributed by atoms with Gasteiger partial charge in [-0.3, -0.25) is 4.79 Å². The number of rotatable bonds is 0. The molecule has 0 radical (unpaired) electrons. The van der Waals surface area contributed by atoms with Crippen molar-refractivity contribution in [2.45, 2.75) is 22.7 Å². The predicted octanol–water partition coefficient (Wildman–Crippen LogP) is 1.09. The Morgan fingerprint density at radius 1 is 1.29 bits per heavy atom. The number of hydrogen-bond donors (Lipinski definition) is 1. The third-order valence-corrected chi connectivity index (χ3v) is 4.84. The number of hydrogen-bond acceptors (Lipinski definition) is 2. The molecule has 3 saturated heterocycles. The largest absolute Gasteiger partial charge is 0.381 e. The van der Waals surface area contributed by atoms with E-state index in [1.54, 1.807) is 0 Å². The highest BCUT2D eigenvalue weighted by molar-refractivity contribution is 6.38. The molecular weight excluding hydrogens is 225 g/mol. The van der Waals surface area contributed by atoms with Gasteiger partial charge in [0.1, 0.15) is 9.87 Å². The molecule has 0 aromatic carbocycles. The van der Waals surface area contributed by atoms with Gasteiger partial charge >= 0.3 is 0 Å². The van der Waals surface area contributed by atoms with Gasteiger partial charge in [-0.15, -0.1) is 11.6 Å². The van der Waals surface area contributed by atoms with Crippen LogP contribution in [0.25, 0.3) is 0 Å². The number of carbonyl (C=O) groups is 1. The first kappa shape index (κ1) is 9.25. The number of nitrogens with one attached hydrogen (secondary N) is 1. The summed E-state index contributed by atoms with van der Waals surface area (Å²) in [5.41, 5.74) is 0. The van der Waals surface area contributed by atoms with Gasteiger partial charge in [0.15, 0.2) is 0 Å². The summed E-state index contributed by atoms with van der Waals surface area (Å²) in [6, 6.07) is 0. The van der Waals surface area contributed by atoms with Crippen molar-refractivity contribution in [3.8, 4) is 0 Å². The zero-order valence-electron chi connectivity index (χ0n) is 7.56. The van der Waals surface area contributed by atoms with Crippen molar-refractivity contribution < 1.29 is 9.53 Å². The molecule has 78 valence electrons. The van der Waals surface area contributed by atoms with Gasteiger partial charge in [-0.2, -0.15) is 0 Å². The highest BCUT2D eigenvalue weighted by atomic mass is 35.5. The fourth-order valence-electron chi connectivity index (χ4n) is 2.98. The molecule has 3 nitrogen and oxygen atoms in total. The second-order valence-electron chi connectivity index (χ2n) is 4.53. The number of halogens is 2. The van der Waals surface area contributed by atoms with Crippen LogP contribution in [0.15, 0.2) is 0 Å². The molecule has 1 saturated carbocycles. The first-order valence-electron chi connectivity index (χ1n) is 4.83. The van der Waals surface area contributed by atoms with E-state index in [1.807, 2.05) is 0 Å². The molecule has 4 aliphatic rings. The standard InChI is InChI=1S/C9H11Cl2NO2/c10-8-1-5-3-14-4-6(2-8)9(5,11)7(13)12-8/h5-6H,1-4H2,(H,12,13)/t5-,6+,8?,9?. The van der Waals surface area contributed by atoms with Crippen LogP contribution in [0.4, 0.5) is 0 Å². The lowest BCUT2D eigenvalue weighted by molar-refractivity contribution is -0.149. The van der Waals surface area contributed by atoms with Gasteiger partial charge in [-0.05, 0) is 12.8 Å². The monoisotopic (exact) mass is 235 g/mol. The quantitative estimate of drug-likeness (QED) is 0.505. The lowest BCUT2D eigenvalue weighted by atomic mass is 9.64. The maximum Gasteiger partial charge on any atom is 0.243 e. The van der Waals surface area contributed by atoms with Gasteiger partial charge in [0, 0.05) is 11.8 Å². The summed E-state index contributed by atoms with van der Waals surface area (Å²) in [6.07, 6.45) is 1.45. The number of amides is 1. The van der Waals surface area contributed by atoms with Crippen molar-refractivity contribution in [2.24, 2.45) is 11.8 Å². The van der Waals surface area contributed by atoms with E-state index < -0.39 is 9.87 Å². The maximum atomic E-state index is 11.8. The van der Waals surface area contributed by atoms with E-state index in [1.165, 1.54) is 0 Å². The fraction of sp³-hybridized carbons (Fsp3) is 0.889.